The Kier molecular flexibility index (Phi) is 8.82. The van der Waals surface area contributed by atoms with Gasteiger partial charge >= 0.3 is 5.97 Å². The molecule has 0 amide bonds. The molecule has 0 aliphatic heterocycles. The van der Waals surface area contributed by atoms with Crippen molar-refractivity contribution in [3.63, 3.8) is 0 Å². The van der Waals surface area contributed by atoms with E-state index in [0.717, 1.165) is 32.1 Å². The maximum absolute atomic E-state index is 11.4. The lowest BCUT2D eigenvalue weighted by atomic mass is 9.76. The van der Waals surface area contributed by atoms with Crippen LogP contribution in [0.2, 0.25) is 0 Å². The van der Waals surface area contributed by atoms with Gasteiger partial charge in [0.05, 0.1) is 13.2 Å². The van der Waals surface area contributed by atoms with E-state index >= 15 is 0 Å². The van der Waals surface area contributed by atoms with E-state index in [0.29, 0.717) is 19.1 Å². The molecule has 118 valence electrons. The van der Waals surface area contributed by atoms with Crippen molar-refractivity contribution in [2.24, 2.45) is 17.8 Å². The molecule has 1 saturated carbocycles. The Bertz CT molecular complexity index is 257. The second kappa shape index (κ2) is 10.1. The van der Waals surface area contributed by atoms with E-state index in [-0.39, 0.29) is 37.6 Å². The van der Waals surface area contributed by atoms with E-state index in [1.165, 1.54) is 0 Å². The van der Waals surface area contributed by atoms with Gasteiger partial charge in [-0.25, -0.2) is 4.79 Å². The van der Waals surface area contributed by atoms with Gasteiger partial charge in [-0.1, -0.05) is 13.3 Å². The zero-order chi connectivity index (χ0) is 14.8. The highest BCUT2D eigenvalue weighted by Gasteiger charge is 2.28. The first-order valence-electron chi connectivity index (χ1n) is 7.64. The van der Waals surface area contributed by atoms with Gasteiger partial charge in [-0.15, -0.1) is 0 Å². The van der Waals surface area contributed by atoms with E-state index < -0.39 is 0 Å². The van der Waals surface area contributed by atoms with Crippen LogP contribution in [0.3, 0.4) is 0 Å². The zero-order valence-electron chi connectivity index (χ0n) is 12.4. The minimum atomic E-state index is -0.313. The molecule has 0 bridgehead atoms. The maximum atomic E-state index is 11.4. The van der Waals surface area contributed by atoms with Crippen molar-refractivity contribution in [1.29, 1.82) is 0 Å². The van der Waals surface area contributed by atoms with Crippen LogP contribution in [-0.4, -0.2) is 49.2 Å². The largest absolute Gasteiger partial charge is 0.464 e. The third kappa shape index (κ3) is 6.68. The van der Waals surface area contributed by atoms with Crippen LogP contribution in [0.15, 0.2) is 0 Å². The third-order valence-electron chi connectivity index (χ3n) is 3.85. The van der Waals surface area contributed by atoms with Gasteiger partial charge in [-0.2, -0.15) is 0 Å². The number of aliphatic hydroxyl groups is 2. The highest BCUT2D eigenvalue weighted by Crippen LogP contribution is 2.33. The molecule has 20 heavy (non-hydrogen) atoms. The van der Waals surface area contributed by atoms with Crippen LogP contribution in [0.4, 0.5) is 0 Å². The lowest BCUT2D eigenvalue weighted by molar-refractivity contribution is -0.149. The minimum Gasteiger partial charge on any atom is -0.464 e. The Hall–Kier alpha value is -0.650. The van der Waals surface area contributed by atoms with Gasteiger partial charge in [0.25, 0.3) is 0 Å². The van der Waals surface area contributed by atoms with Crippen molar-refractivity contribution < 1.29 is 24.5 Å². The highest BCUT2D eigenvalue weighted by molar-refractivity contribution is 5.70. The lowest BCUT2D eigenvalue weighted by Gasteiger charge is -2.33. The number of aliphatic hydroxyl groups excluding tert-OH is 2. The van der Waals surface area contributed by atoms with Gasteiger partial charge in [-0.05, 0) is 43.4 Å². The number of rotatable bonds is 9. The first-order chi connectivity index (χ1) is 9.69. The van der Waals surface area contributed by atoms with Crippen molar-refractivity contribution in [3.8, 4) is 0 Å². The molecule has 1 fully saturated rings. The van der Waals surface area contributed by atoms with Crippen molar-refractivity contribution in [1.82, 2.24) is 0 Å². The number of carbonyl (C=O) groups is 1. The fourth-order valence-electron chi connectivity index (χ4n) is 2.82. The molecule has 3 atom stereocenters. The second-order valence-electron chi connectivity index (χ2n) is 5.76. The third-order valence-corrected chi connectivity index (χ3v) is 3.85. The Morgan fingerprint density at radius 3 is 2.25 bits per heavy atom. The van der Waals surface area contributed by atoms with Gasteiger partial charge in [0.2, 0.25) is 0 Å². The summed E-state index contributed by atoms with van der Waals surface area (Å²) >= 11 is 0. The number of esters is 1. The van der Waals surface area contributed by atoms with E-state index in [1.807, 2.05) is 6.92 Å². The number of ether oxygens (including phenoxy) is 2. The molecule has 1 rings (SSSR count). The smallest absolute Gasteiger partial charge is 0.332 e. The first-order valence-corrected chi connectivity index (χ1v) is 7.64. The van der Waals surface area contributed by atoms with Crippen LogP contribution in [0, 0.1) is 17.8 Å². The Balaban J connectivity index is 2.18. The molecule has 0 aromatic rings. The molecule has 1 aliphatic carbocycles. The van der Waals surface area contributed by atoms with Crippen molar-refractivity contribution >= 4 is 5.97 Å². The summed E-state index contributed by atoms with van der Waals surface area (Å²) in [6.07, 6.45) is 4.56. The van der Waals surface area contributed by atoms with Crippen molar-refractivity contribution in [2.75, 3.05) is 33.0 Å². The summed E-state index contributed by atoms with van der Waals surface area (Å²) in [5.74, 6) is 0.477. The predicted octanol–water partition coefficient (Wildman–Crippen LogP) is 1.36. The predicted molar refractivity (Wildman–Crippen MR) is 75.2 cm³/mol. The highest BCUT2D eigenvalue weighted by atomic mass is 16.6. The second-order valence-corrected chi connectivity index (χ2v) is 5.76. The summed E-state index contributed by atoms with van der Waals surface area (Å²) in [7, 11) is 0. The number of unbranched alkanes of at least 4 members (excludes halogenated alkanes) is 1. The average molecular weight is 288 g/mol. The molecular weight excluding hydrogens is 260 g/mol. The fourth-order valence-corrected chi connectivity index (χ4v) is 2.82. The summed E-state index contributed by atoms with van der Waals surface area (Å²) in [6, 6.07) is 0. The van der Waals surface area contributed by atoms with E-state index in [9.17, 15) is 15.0 Å². The van der Waals surface area contributed by atoms with Crippen LogP contribution in [0.5, 0.6) is 0 Å². The zero-order valence-corrected chi connectivity index (χ0v) is 12.4. The first kappa shape index (κ1) is 17.4. The monoisotopic (exact) mass is 288 g/mol. The quantitative estimate of drug-likeness (QED) is 0.495. The van der Waals surface area contributed by atoms with Crippen LogP contribution < -0.4 is 0 Å². The van der Waals surface area contributed by atoms with Crippen molar-refractivity contribution in [2.45, 2.75) is 39.0 Å². The maximum Gasteiger partial charge on any atom is 0.332 e. The van der Waals surface area contributed by atoms with Crippen LogP contribution in [0.25, 0.3) is 0 Å². The number of carbonyl (C=O) groups excluding carboxylic acids is 1. The molecule has 0 aromatic carbocycles. The van der Waals surface area contributed by atoms with E-state index in [2.05, 4.69) is 0 Å². The molecule has 0 aromatic heterocycles. The Morgan fingerprint density at radius 2 is 1.70 bits per heavy atom. The molecule has 1 aliphatic rings. The molecule has 5 heteroatoms. The topological polar surface area (TPSA) is 76.0 Å². The van der Waals surface area contributed by atoms with Crippen LogP contribution in [-0.2, 0) is 14.3 Å². The average Bonchev–Trinajstić information content (AvgIpc) is 2.47. The molecule has 0 radical (unpaired) electrons. The van der Waals surface area contributed by atoms with Crippen LogP contribution in [0.1, 0.15) is 39.0 Å². The summed E-state index contributed by atoms with van der Waals surface area (Å²) in [5.41, 5.74) is 0. The summed E-state index contributed by atoms with van der Waals surface area (Å²) in [6.45, 7) is 3.31. The van der Waals surface area contributed by atoms with E-state index in [4.69, 9.17) is 9.47 Å². The lowest BCUT2D eigenvalue weighted by Crippen LogP contribution is -2.30. The van der Waals surface area contributed by atoms with Gasteiger partial charge < -0.3 is 19.7 Å². The fraction of sp³-hybridized carbons (Fsp3) is 0.933. The van der Waals surface area contributed by atoms with Gasteiger partial charge in [0.15, 0.2) is 0 Å². The van der Waals surface area contributed by atoms with Gasteiger partial charge in [0.1, 0.15) is 6.61 Å². The standard InChI is InChI=1S/C15H28O5/c1-2-3-4-20-15(18)11-19-10-14-6-12(8-16)5-13(7-14)9-17/h12-14,16-17H,2-11H2,1H3/t12-,13+,14?. The summed E-state index contributed by atoms with van der Waals surface area (Å²) < 4.78 is 10.4. The Labute approximate surface area is 121 Å². The molecule has 5 nitrogen and oxygen atoms in total. The summed E-state index contributed by atoms with van der Waals surface area (Å²) in [5, 5.41) is 18.5. The Morgan fingerprint density at radius 1 is 1.10 bits per heavy atom. The SMILES string of the molecule is CCCCOC(=O)COCC1C[C@@H](CO)C[C@@H](CO)C1. The van der Waals surface area contributed by atoms with Crippen LogP contribution >= 0.6 is 0 Å². The summed E-state index contributed by atoms with van der Waals surface area (Å²) in [4.78, 5) is 11.4. The molecule has 0 spiro atoms. The molecular formula is C15H28O5. The van der Waals surface area contributed by atoms with Gasteiger partial charge in [0, 0.05) is 13.2 Å². The number of hydrogen-bond donors (Lipinski definition) is 2. The molecule has 1 unspecified atom stereocenters. The molecule has 0 saturated heterocycles. The normalized spacial score (nSPS) is 26.4. The van der Waals surface area contributed by atoms with E-state index in [1.54, 1.807) is 0 Å². The van der Waals surface area contributed by atoms with Crippen molar-refractivity contribution in [3.05, 3.63) is 0 Å². The van der Waals surface area contributed by atoms with Gasteiger partial charge in [-0.3, -0.25) is 0 Å². The minimum absolute atomic E-state index is 0.00615. The molecule has 2 N–H and O–H groups in total. The number of hydrogen-bond acceptors (Lipinski definition) is 5. The molecule has 0 heterocycles.